The van der Waals surface area contributed by atoms with Crippen molar-refractivity contribution in [2.24, 2.45) is 4.99 Å². The first-order valence-electron chi connectivity index (χ1n) is 7.58. The van der Waals surface area contributed by atoms with E-state index >= 15 is 0 Å². The summed E-state index contributed by atoms with van der Waals surface area (Å²) in [6, 6.07) is 6.65. The van der Waals surface area contributed by atoms with Crippen LogP contribution < -0.4 is 20.3 Å². The van der Waals surface area contributed by atoms with Gasteiger partial charge in [0.05, 0.1) is 12.2 Å². The smallest absolute Gasteiger partial charge is 0.387 e. The van der Waals surface area contributed by atoms with Crippen LogP contribution in [0.1, 0.15) is 11.3 Å². The van der Waals surface area contributed by atoms with Crippen molar-refractivity contribution in [2.45, 2.75) is 19.7 Å². The number of ether oxygens (including phenoxy) is 1. The monoisotopic (exact) mass is 369 g/mol. The van der Waals surface area contributed by atoms with Crippen LogP contribution in [-0.2, 0) is 13.1 Å². The van der Waals surface area contributed by atoms with Gasteiger partial charge >= 0.3 is 6.61 Å². The highest BCUT2D eigenvalue weighted by Crippen LogP contribution is 2.20. The number of aliphatic imine (C=N–C) groups is 1. The van der Waals surface area contributed by atoms with Gasteiger partial charge < -0.3 is 20.3 Å². The minimum Gasteiger partial charge on any atom is -0.434 e. The van der Waals surface area contributed by atoms with Gasteiger partial charge in [0.25, 0.3) is 0 Å². The summed E-state index contributed by atoms with van der Waals surface area (Å²) in [5.41, 5.74) is 1.52. The van der Waals surface area contributed by atoms with Crippen molar-refractivity contribution < 1.29 is 13.5 Å². The molecule has 2 rings (SSSR count). The lowest BCUT2D eigenvalue weighted by Gasteiger charge is -2.14. The zero-order valence-corrected chi connectivity index (χ0v) is 15.1. The van der Waals surface area contributed by atoms with Gasteiger partial charge in [-0.3, -0.25) is 4.99 Å². The van der Waals surface area contributed by atoms with Gasteiger partial charge in [-0.25, -0.2) is 4.98 Å². The Morgan fingerprint density at radius 3 is 2.64 bits per heavy atom. The Morgan fingerprint density at radius 2 is 2.00 bits per heavy atom. The van der Waals surface area contributed by atoms with Gasteiger partial charge in [0, 0.05) is 38.6 Å². The maximum absolute atomic E-state index is 12.4. The van der Waals surface area contributed by atoms with Gasteiger partial charge in [-0.1, -0.05) is 18.2 Å². The minimum absolute atomic E-state index is 0.149. The number of halogens is 2. The van der Waals surface area contributed by atoms with Crippen LogP contribution in [0.4, 0.5) is 13.9 Å². The normalized spacial score (nSPS) is 11.5. The van der Waals surface area contributed by atoms with Crippen LogP contribution >= 0.6 is 11.3 Å². The third kappa shape index (κ3) is 5.86. The van der Waals surface area contributed by atoms with Crippen LogP contribution in [0.2, 0.25) is 0 Å². The van der Waals surface area contributed by atoms with E-state index in [1.165, 1.54) is 6.07 Å². The number of hydrogen-bond donors (Lipinski definition) is 2. The molecule has 0 aliphatic heterocycles. The highest BCUT2D eigenvalue weighted by molar-refractivity contribution is 7.13. The number of aromatic nitrogens is 1. The molecular weight excluding hydrogens is 348 g/mol. The Morgan fingerprint density at radius 1 is 1.28 bits per heavy atom. The molecule has 25 heavy (non-hydrogen) atoms. The fraction of sp³-hybridized carbons (Fsp3) is 0.375. The molecule has 1 aromatic carbocycles. The number of para-hydroxylation sites is 1. The molecule has 0 amide bonds. The Labute approximate surface area is 149 Å². The van der Waals surface area contributed by atoms with Crippen molar-refractivity contribution in [1.82, 2.24) is 15.6 Å². The summed E-state index contributed by atoms with van der Waals surface area (Å²) < 4.78 is 29.4. The Balaban J connectivity index is 1.90. The molecule has 1 aromatic heterocycles. The number of hydrogen-bond acceptors (Lipinski definition) is 5. The molecule has 6 nitrogen and oxygen atoms in total. The van der Waals surface area contributed by atoms with Crippen molar-refractivity contribution in [2.75, 3.05) is 26.0 Å². The second-order valence-corrected chi connectivity index (χ2v) is 6.12. The van der Waals surface area contributed by atoms with Crippen molar-refractivity contribution >= 4 is 22.4 Å². The average Bonchev–Trinajstić information content (AvgIpc) is 3.05. The van der Waals surface area contributed by atoms with Crippen molar-refractivity contribution in [3.63, 3.8) is 0 Å². The fourth-order valence-electron chi connectivity index (χ4n) is 2.02. The van der Waals surface area contributed by atoms with E-state index in [-0.39, 0.29) is 5.75 Å². The first kappa shape index (κ1) is 18.9. The average molecular weight is 369 g/mol. The molecule has 1 heterocycles. The largest absolute Gasteiger partial charge is 0.434 e. The molecule has 9 heteroatoms. The fourth-order valence-corrected chi connectivity index (χ4v) is 2.78. The van der Waals surface area contributed by atoms with Crippen LogP contribution in [0.15, 0.2) is 34.6 Å². The SMILES string of the molecule is CN=C(NCc1csc(N(C)C)n1)NCc1ccccc1OC(F)F. The molecule has 0 atom stereocenters. The Kier molecular flexibility index (Phi) is 6.93. The summed E-state index contributed by atoms with van der Waals surface area (Å²) in [6.45, 7) is -2.03. The van der Waals surface area contributed by atoms with Crippen LogP contribution in [0.25, 0.3) is 0 Å². The molecule has 0 aliphatic carbocycles. The number of benzene rings is 1. The van der Waals surface area contributed by atoms with E-state index in [0.29, 0.717) is 24.6 Å². The first-order valence-corrected chi connectivity index (χ1v) is 8.46. The lowest BCUT2D eigenvalue weighted by atomic mass is 10.2. The Hall–Kier alpha value is -2.42. The lowest BCUT2D eigenvalue weighted by molar-refractivity contribution is -0.0504. The maximum atomic E-state index is 12.4. The van der Waals surface area contributed by atoms with E-state index in [1.54, 1.807) is 36.6 Å². The van der Waals surface area contributed by atoms with Crippen LogP contribution in [0.5, 0.6) is 5.75 Å². The van der Waals surface area contributed by atoms with Crippen LogP contribution in [-0.4, -0.2) is 38.7 Å². The summed E-state index contributed by atoms with van der Waals surface area (Å²) in [6.07, 6.45) is 0. The number of rotatable bonds is 7. The second-order valence-electron chi connectivity index (χ2n) is 5.28. The van der Waals surface area contributed by atoms with E-state index < -0.39 is 6.61 Å². The molecule has 136 valence electrons. The third-order valence-electron chi connectivity index (χ3n) is 3.22. The number of thiazole rings is 1. The molecule has 0 saturated carbocycles. The van der Waals surface area contributed by atoms with Gasteiger partial charge in [0.15, 0.2) is 11.1 Å². The topological polar surface area (TPSA) is 61.8 Å². The predicted octanol–water partition coefficient (Wildman–Crippen LogP) is 2.68. The maximum Gasteiger partial charge on any atom is 0.387 e. The summed E-state index contributed by atoms with van der Waals surface area (Å²) in [7, 11) is 5.52. The summed E-state index contributed by atoms with van der Waals surface area (Å²) in [5.74, 6) is 0.696. The number of anilines is 1. The number of nitrogens with zero attached hydrogens (tertiary/aromatic N) is 3. The summed E-state index contributed by atoms with van der Waals surface area (Å²) >= 11 is 1.56. The van der Waals surface area contributed by atoms with Crippen molar-refractivity contribution in [3.8, 4) is 5.75 Å². The van der Waals surface area contributed by atoms with Crippen molar-refractivity contribution in [3.05, 3.63) is 40.9 Å². The summed E-state index contributed by atoms with van der Waals surface area (Å²) in [5, 5.41) is 9.12. The number of guanidine groups is 1. The molecule has 0 fully saturated rings. The molecule has 0 unspecified atom stereocenters. The van der Waals surface area contributed by atoms with Gasteiger partial charge in [0.2, 0.25) is 0 Å². The van der Waals surface area contributed by atoms with E-state index in [0.717, 1.165) is 10.8 Å². The van der Waals surface area contributed by atoms with Crippen LogP contribution in [0.3, 0.4) is 0 Å². The molecule has 2 aromatic rings. The number of nitrogens with one attached hydrogen (secondary N) is 2. The molecule has 0 bridgehead atoms. The molecule has 0 saturated heterocycles. The zero-order valence-electron chi connectivity index (χ0n) is 14.3. The number of alkyl halides is 2. The molecule has 0 radical (unpaired) electrons. The van der Waals surface area contributed by atoms with Gasteiger partial charge in [-0.05, 0) is 6.07 Å². The predicted molar refractivity (Wildman–Crippen MR) is 96.6 cm³/mol. The first-order chi connectivity index (χ1) is 12.0. The van der Waals surface area contributed by atoms with E-state index in [9.17, 15) is 8.78 Å². The second kappa shape index (κ2) is 9.16. The highest BCUT2D eigenvalue weighted by Gasteiger charge is 2.10. The van der Waals surface area contributed by atoms with E-state index in [4.69, 9.17) is 0 Å². The van der Waals surface area contributed by atoms with Crippen molar-refractivity contribution in [1.29, 1.82) is 0 Å². The van der Waals surface area contributed by atoms with Gasteiger partial charge in [-0.15, -0.1) is 11.3 Å². The third-order valence-corrected chi connectivity index (χ3v) is 4.27. The summed E-state index contributed by atoms with van der Waals surface area (Å²) in [4.78, 5) is 10.5. The quantitative estimate of drug-likeness (QED) is 0.580. The minimum atomic E-state index is -2.85. The molecule has 0 spiro atoms. The van der Waals surface area contributed by atoms with Gasteiger partial charge in [0.1, 0.15) is 5.75 Å². The standard InChI is InChI=1S/C16H21F2N5OS/c1-19-15(21-9-12-10-25-16(22-12)23(2)3)20-8-11-6-4-5-7-13(11)24-14(17)18/h4-7,10,14H,8-9H2,1-3H3,(H2,19,20,21). The molecular formula is C16H21F2N5OS. The Bertz CT molecular complexity index is 705. The van der Waals surface area contributed by atoms with E-state index in [2.05, 4.69) is 25.3 Å². The highest BCUT2D eigenvalue weighted by atomic mass is 32.1. The zero-order chi connectivity index (χ0) is 18.2. The van der Waals surface area contributed by atoms with Gasteiger partial charge in [-0.2, -0.15) is 8.78 Å². The van der Waals surface area contributed by atoms with E-state index in [1.807, 2.05) is 24.4 Å². The van der Waals surface area contributed by atoms with Crippen LogP contribution in [0, 0.1) is 0 Å². The lowest BCUT2D eigenvalue weighted by Crippen LogP contribution is -2.36. The molecule has 0 aliphatic rings. The molecule has 2 N–H and O–H groups in total.